The molecule has 0 saturated carbocycles. The van der Waals surface area contributed by atoms with E-state index in [4.69, 9.17) is 5.73 Å². The van der Waals surface area contributed by atoms with E-state index in [2.05, 4.69) is 4.99 Å². The number of nitrogens with two attached hydrogens (primary N) is 1. The Hall–Kier alpha value is -0.870. The maximum atomic E-state index is 11.9. The first-order valence-electron chi connectivity index (χ1n) is 5.03. The van der Waals surface area contributed by atoms with Crippen LogP contribution in [0.3, 0.4) is 0 Å². The molecule has 0 atom stereocenters. The highest BCUT2D eigenvalue weighted by atomic mass is 19.3. The van der Waals surface area contributed by atoms with Crippen LogP contribution in [0.4, 0.5) is 8.78 Å². The summed E-state index contributed by atoms with van der Waals surface area (Å²) in [6.45, 7) is 1.21. The highest BCUT2D eigenvalue weighted by Crippen LogP contribution is 2.09. The zero-order valence-electron chi connectivity index (χ0n) is 8.25. The van der Waals surface area contributed by atoms with E-state index in [1.807, 2.05) is 4.90 Å². The highest BCUT2D eigenvalue weighted by Gasteiger charge is 2.11. The Balaban J connectivity index is 2.40. The molecule has 0 bridgehead atoms. The zero-order chi connectivity index (χ0) is 10.4. The van der Waals surface area contributed by atoms with Gasteiger partial charge in [0, 0.05) is 13.1 Å². The van der Waals surface area contributed by atoms with E-state index >= 15 is 0 Å². The van der Waals surface area contributed by atoms with Crippen molar-refractivity contribution in [2.75, 3.05) is 19.6 Å². The quantitative estimate of drug-likeness (QED) is 0.547. The molecule has 1 fully saturated rings. The first-order chi connectivity index (χ1) is 6.70. The molecule has 1 aliphatic rings. The van der Waals surface area contributed by atoms with Crippen molar-refractivity contribution in [3.8, 4) is 0 Å². The molecule has 2 N–H and O–H groups in total. The van der Waals surface area contributed by atoms with Gasteiger partial charge in [-0.15, -0.1) is 0 Å². The highest BCUT2D eigenvalue weighted by molar-refractivity contribution is 5.78. The lowest BCUT2D eigenvalue weighted by molar-refractivity contribution is 0.158. The maximum Gasteiger partial charge on any atom is 0.257 e. The smallest absolute Gasteiger partial charge is 0.257 e. The van der Waals surface area contributed by atoms with Crippen LogP contribution in [-0.4, -0.2) is 36.9 Å². The molecule has 0 amide bonds. The fourth-order valence-corrected chi connectivity index (χ4v) is 1.56. The van der Waals surface area contributed by atoms with Gasteiger partial charge in [-0.05, 0) is 12.8 Å². The minimum absolute atomic E-state index is 0.271. The molecule has 3 nitrogen and oxygen atoms in total. The van der Waals surface area contributed by atoms with E-state index in [-0.39, 0.29) is 5.96 Å². The first kappa shape index (κ1) is 11.2. The molecule has 1 rings (SSSR count). The van der Waals surface area contributed by atoms with Crippen LogP contribution in [0.2, 0.25) is 0 Å². The van der Waals surface area contributed by atoms with Gasteiger partial charge in [-0.3, -0.25) is 0 Å². The normalized spacial score (nSPS) is 19.9. The predicted octanol–water partition coefficient (Wildman–Crippen LogP) is 1.44. The molecule has 5 heteroatoms. The van der Waals surface area contributed by atoms with Gasteiger partial charge in [0.25, 0.3) is 6.43 Å². The molecule has 0 aromatic heterocycles. The summed E-state index contributed by atoms with van der Waals surface area (Å²) in [4.78, 5) is 5.56. The van der Waals surface area contributed by atoms with Crippen LogP contribution in [0.1, 0.15) is 25.7 Å². The van der Waals surface area contributed by atoms with Crippen LogP contribution in [-0.2, 0) is 0 Å². The fraction of sp³-hybridized carbons (Fsp3) is 0.889. The Bertz CT molecular complexity index is 186. The Morgan fingerprint density at radius 2 is 1.79 bits per heavy atom. The summed E-state index contributed by atoms with van der Waals surface area (Å²) in [7, 11) is 0. The van der Waals surface area contributed by atoms with Gasteiger partial charge in [0.15, 0.2) is 5.96 Å². The maximum absolute atomic E-state index is 11.9. The van der Waals surface area contributed by atoms with Crippen LogP contribution < -0.4 is 5.73 Å². The average Bonchev–Trinajstić information content (AvgIpc) is 2.42. The van der Waals surface area contributed by atoms with Crippen molar-refractivity contribution in [2.45, 2.75) is 32.1 Å². The van der Waals surface area contributed by atoms with Crippen LogP contribution in [0.25, 0.3) is 0 Å². The third-order valence-electron chi connectivity index (χ3n) is 2.32. The van der Waals surface area contributed by atoms with Crippen molar-refractivity contribution >= 4 is 5.96 Å². The largest absolute Gasteiger partial charge is 0.370 e. The second-order valence-electron chi connectivity index (χ2n) is 3.49. The van der Waals surface area contributed by atoms with Crippen molar-refractivity contribution < 1.29 is 8.78 Å². The number of guanidine groups is 1. The summed E-state index contributed by atoms with van der Waals surface area (Å²) in [6.07, 6.45) is 2.13. The minimum Gasteiger partial charge on any atom is -0.370 e. The number of hydrogen-bond acceptors (Lipinski definition) is 1. The van der Waals surface area contributed by atoms with Crippen molar-refractivity contribution in [2.24, 2.45) is 10.7 Å². The number of rotatable bonds is 2. The van der Waals surface area contributed by atoms with E-state index in [1.165, 1.54) is 12.8 Å². The van der Waals surface area contributed by atoms with Gasteiger partial charge >= 0.3 is 0 Å². The fourth-order valence-electron chi connectivity index (χ4n) is 1.56. The van der Waals surface area contributed by atoms with E-state index in [0.717, 1.165) is 25.9 Å². The van der Waals surface area contributed by atoms with E-state index in [1.54, 1.807) is 0 Å². The second kappa shape index (κ2) is 5.78. The van der Waals surface area contributed by atoms with Crippen molar-refractivity contribution in [1.29, 1.82) is 0 Å². The Labute approximate surface area is 83.0 Å². The molecule has 0 aliphatic carbocycles. The summed E-state index contributed by atoms with van der Waals surface area (Å²) in [5, 5.41) is 0. The number of halogens is 2. The Kier molecular flexibility index (Phi) is 4.62. The van der Waals surface area contributed by atoms with Crippen LogP contribution >= 0.6 is 0 Å². The van der Waals surface area contributed by atoms with Gasteiger partial charge in [0.05, 0.1) is 0 Å². The molecule has 14 heavy (non-hydrogen) atoms. The lowest BCUT2D eigenvalue weighted by atomic mass is 10.2. The number of nitrogens with zero attached hydrogens (tertiary/aromatic N) is 2. The van der Waals surface area contributed by atoms with Crippen molar-refractivity contribution in [3.63, 3.8) is 0 Å². The van der Waals surface area contributed by atoms with Gasteiger partial charge in [-0.2, -0.15) is 0 Å². The summed E-state index contributed by atoms with van der Waals surface area (Å²) < 4.78 is 23.7. The van der Waals surface area contributed by atoms with Crippen LogP contribution in [0, 0.1) is 0 Å². The molecular formula is C9H17F2N3. The number of alkyl halides is 2. The number of aliphatic imine (C=N–C) groups is 1. The van der Waals surface area contributed by atoms with Crippen LogP contribution in [0.5, 0.6) is 0 Å². The Morgan fingerprint density at radius 3 is 2.29 bits per heavy atom. The molecule has 0 aromatic rings. The standard InChI is InChI=1S/C9H17F2N3/c10-8(11)7-13-9(12)14-5-3-1-2-4-6-14/h8H,1-7H2,(H2,12,13). The summed E-state index contributed by atoms with van der Waals surface area (Å²) in [5.41, 5.74) is 5.61. The molecule has 0 unspecified atom stereocenters. The first-order valence-corrected chi connectivity index (χ1v) is 5.03. The SMILES string of the molecule is NC(=NCC(F)F)N1CCCCCC1. The van der Waals surface area contributed by atoms with Crippen molar-refractivity contribution in [3.05, 3.63) is 0 Å². The molecule has 82 valence electrons. The molecule has 1 saturated heterocycles. The molecule has 1 aliphatic heterocycles. The van der Waals surface area contributed by atoms with Gasteiger partial charge in [-0.25, -0.2) is 13.8 Å². The third-order valence-corrected chi connectivity index (χ3v) is 2.32. The van der Waals surface area contributed by atoms with E-state index in [9.17, 15) is 8.78 Å². The second-order valence-corrected chi connectivity index (χ2v) is 3.49. The number of hydrogen-bond donors (Lipinski definition) is 1. The minimum atomic E-state index is -2.40. The molecular weight excluding hydrogens is 188 g/mol. The molecule has 0 spiro atoms. The molecule has 1 heterocycles. The third kappa shape index (κ3) is 3.89. The predicted molar refractivity (Wildman–Crippen MR) is 52.5 cm³/mol. The Morgan fingerprint density at radius 1 is 1.21 bits per heavy atom. The lowest BCUT2D eigenvalue weighted by Crippen LogP contribution is -2.38. The summed E-state index contributed by atoms with van der Waals surface area (Å²) in [5.74, 6) is 0.271. The number of likely N-dealkylation sites (tertiary alicyclic amines) is 1. The van der Waals surface area contributed by atoms with Gasteiger partial charge in [0.2, 0.25) is 0 Å². The average molecular weight is 205 g/mol. The summed E-state index contributed by atoms with van der Waals surface area (Å²) in [6, 6.07) is 0. The topological polar surface area (TPSA) is 41.6 Å². The zero-order valence-corrected chi connectivity index (χ0v) is 8.25. The molecule has 0 radical (unpaired) electrons. The molecule has 0 aromatic carbocycles. The lowest BCUT2D eigenvalue weighted by Gasteiger charge is -2.20. The van der Waals surface area contributed by atoms with Gasteiger partial charge < -0.3 is 10.6 Å². The van der Waals surface area contributed by atoms with Gasteiger partial charge in [-0.1, -0.05) is 12.8 Å². The van der Waals surface area contributed by atoms with Crippen LogP contribution in [0.15, 0.2) is 4.99 Å². The van der Waals surface area contributed by atoms with Crippen molar-refractivity contribution in [1.82, 2.24) is 4.90 Å². The van der Waals surface area contributed by atoms with E-state index in [0.29, 0.717) is 0 Å². The van der Waals surface area contributed by atoms with Gasteiger partial charge in [0.1, 0.15) is 6.54 Å². The monoisotopic (exact) mass is 205 g/mol. The van der Waals surface area contributed by atoms with E-state index < -0.39 is 13.0 Å². The summed E-state index contributed by atoms with van der Waals surface area (Å²) >= 11 is 0.